The van der Waals surface area contributed by atoms with Gasteiger partial charge in [-0.3, -0.25) is 14.7 Å². The molecule has 0 saturated carbocycles. The van der Waals surface area contributed by atoms with E-state index in [1.54, 1.807) is 13.2 Å². The molecule has 32 heavy (non-hydrogen) atoms. The lowest BCUT2D eigenvalue weighted by molar-refractivity contribution is -0.113. The van der Waals surface area contributed by atoms with Crippen molar-refractivity contribution in [3.05, 3.63) is 47.8 Å². The molecule has 0 saturated heterocycles. The molecule has 9 nitrogen and oxygen atoms in total. The van der Waals surface area contributed by atoms with E-state index >= 15 is 0 Å². The van der Waals surface area contributed by atoms with Crippen molar-refractivity contribution in [3.63, 3.8) is 0 Å². The van der Waals surface area contributed by atoms with Gasteiger partial charge in [0, 0.05) is 13.0 Å². The molecule has 0 aliphatic rings. The van der Waals surface area contributed by atoms with E-state index in [9.17, 15) is 4.79 Å². The lowest BCUT2D eigenvalue weighted by Crippen LogP contribution is -2.15. The lowest BCUT2D eigenvalue weighted by Gasteiger charge is -2.16. The average Bonchev–Trinajstić information content (AvgIpc) is 3.40. The summed E-state index contributed by atoms with van der Waals surface area (Å²) in [5.41, 5.74) is 0. The van der Waals surface area contributed by atoms with Gasteiger partial charge in [0.05, 0.1) is 12.9 Å². The Morgan fingerprint density at radius 2 is 2.00 bits per heavy atom. The molecule has 1 aromatic carbocycles. The third kappa shape index (κ3) is 6.30. The number of nitrogens with zero attached hydrogens (tertiary/aromatic N) is 5. The van der Waals surface area contributed by atoms with Crippen molar-refractivity contribution >= 4 is 34.1 Å². The number of amides is 1. The van der Waals surface area contributed by atoms with Crippen LogP contribution in [0.1, 0.15) is 37.2 Å². The predicted molar refractivity (Wildman–Crippen MR) is 126 cm³/mol. The first kappa shape index (κ1) is 23.7. The number of methoxy groups -OCH3 is 1. The molecule has 170 valence electrons. The molecule has 1 amide bonds. The SMILES string of the molecule is C=CCn1c(SCC(=O)Nc2nnc(CCC)s2)nnc1C(C)Oc1ccc(OC)cc1. The second-order valence-electron chi connectivity index (χ2n) is 6.76. The maximum Gasteiger partial charge on any atom is 0.236 e. The second kappa shape index (κ2) is 11.6. The molecule has 2 heterocycles. The van der Waals surface area contributed by atoms with Crippen LogP contribution in [0, 0.1) is 0 Å². The summed E-state index contributed by atoms with van der Waals surface area (Å²) in [6, 6.07) is 7.34. The van der Waals surface area contributed by atoms with Gasteiger partial charge in [0.15, 0.2) is 17.1 Å². The first-order valence-corrected chi connectivity index (χ1v) is 11.9. The van der Waals surface area contributed by atoms with E-state index in [-0.39, 0.29) is 17.8 Å². The summed E-state index contributed by atoms with van der Waals surface area (Å²) in [5.74, 6) is 2.10. The summed E-state index contributed by atoms with van der Waals surface area (Å²) in [7, 11) is 1.62. The van der Waals surface area contributed by atoms with Gasteiger partial charge < -0.3 is 9.47 Å². The number of hydrogen-bond donors (Lipinski definition) is 1. The van der Waals surface area contributed by atoms with Gasteiger partial charge in [-0.15, -0.1) is 27.0 Å². The molecule has 0 fully saturated rings. The molecular weight excluding hydrogens is 448 g/mol. The maximum atomic E-state index is 12.4. The number of hydrogen-bond acceptors (Lipinski definition) is 9. The summed E-state index contributed by atoms with van der Waals surface area (Å²) in [6.45, 7) is 8.29. The van der Waals surface area contributed by atoms with Gasteiger partial charge in [-0.2, -0.15) is 0 Å². The molecule has 2 aromatic heterocycles. The van der Waals surface area contributed by atoms with Gasteiger partial charge in [0.2, 0.25) is 11.0 Å². The molecule has 0 radical (unpaired) electrons. The summed E-state index contributed by atoms with van der Waals surface area (Å²) < 4.78 is 13.1. The van der Waals surface area contributed by atoms with Crippen molar-refractivity contribution in [2.75, 3.05) is 18.2 Å². The van der Waals surface area contributed by atoms with Crippen LogP contribution in [0.15, 0.2) is 42.1 Å². The summed E-state index contributed by atoms with van der Waals surface area (Å²) >= 11 is 2.69. The Kier molecular flexibility index (Phi) is 8.63. The summed E-state index contributed by atoms with van der Waals surface area (Å²) in [6.07, 6.45) is 3.25. The third-order valence-electron chi connectivity index (χ3n) is 4.30. The molecule has 3 aromatic rings. The van der Waals surface area contributed by atoms with Crippen molar-refractivity contribution in [3.8, 4) is 11.5 Å². The molecule has 11 heteroatoms. The minimum Gasteiger partial charge on any atom is -0.497 e. The monoisotopic (exact) mass is 474 g/mol. The van der Waals surface area contributed by atoms with Crippen molar-refractivity contribution < 1.29 is 14.3 Å². The molecule has 0 aliphatic heterocycles. The largest absolute Gasteiger partial charge is 0.497 e. The van der Waals surface area contributed by atoms with Crippen LogP contribution < -0.4 is 14.8 Å². The fourth-order valence-electron chi connectivity index (χ4n) is 2.82. The van der Waals surface area contributed by atoms with Crippen LogP contribution in [0.4, 0.5) is 5.13 Å². The number of carbonyl (C=O) groups excluding carboxylic acids is 1. The van der Waals surface area contributed by atoms with Crippen LogP contribution in [-0.2, 0) is 17.8 Å². The van der Waals surface area contributed by atoms with Crippen LogP contribution in [0.3, 0.4) is 0 Å². The second-order valence-corrected chi connectivity index (χ2v) is 8.77. The number of allylic oxidation sites excluding steroid dienone is 1. The number of anilines is 1. The van der Waals surface area contributed by atoms with Gasteiger partial charge in [-0.25, -0.2) is 0 Å². The molecule has 0 spiro atoms. The quantitative estimate of drug-likeness (QED) is 0.308. The number of aryl methyl sites for hydroxylation is 1. The number of rotatable bonds is 12. The molecule has 1 unspecified atom stereocenters. The highest BCUT2D eigenvalue weighted by atomic mass is 32.2. The van der Waals surface area contributed by atoms with Gasteiger partial charge >= 0.3 is 0 Å². The van der Waals surface area contributed by atoms with E-state index < -0.39 is 0 Å². The molecule has 0 aliphatic carbocycles. The first-order valence-electron chi connectivity index (χ1n) is 10.1. The zero-order valence-electron chi connectivity index (χ0n) is 18.3. The van der Waals surface area contributed by atoms with E-state index in [0.717, 1.165) is 23.6 Å². The minimum absolute atomic E-state index is 0.172. The minimum atomic E-state index is -0.350. The number of carbonyl (C=O) groups is 1. The van der Waals surface area contributed by atoms with E-state index in [1.165, 1.54) is 23.1 Å². The fourth-order valence-corrected chi connectivity index (χ4v) is 4.44. The van der Waals surface area contributed by atoms with E-state index in [0.29, 0.717) is 28.4 Å². The Labute approximate surface area is 195 Å². The highest BCUT2D eigenvalue weighted by Gasteiger charge is 2.20. The Morgan fingerprint density at radius 3 is 2.69 bits per heavy atom. The van der Waals surface area contributed by atoms with Crippen molar-refractivity contribution in [2.24, 2.45) is 0 Å². The van der Waals surface area contributed by atoms with Gasteiger partial charge in [0.25, 0.3) is 0 Å². The van der Waals surface area contributed by atoms with Crippen molar-refractivity contribution in [1.82, 2.24) is 25.0 Å². The standard InChI is InChI=1S/C21H26N6O3S2/c1-5-7-18-23-25-20(32-18)22-17(28)13-31-21-26-24-19(27(21)12-6-2)14(3)30-16-10-8-15(29-4)9-11-16/h6,8-11,14H,2,5,7,12-13H2,1,3-4H3,(H,22,25,28). The highest BCUT2D eigenvalue weighted by molar-refractivity contribution is 7.99. The Bertz CT molecular complexity index is 1030. The molecule has 1 atom stereocenters. The van der Waals surface area contributed by atoms with E-state index in [1.807, 2.05) is 35.8 Å². The number of benzene rings is 1. The van der Waals surface area contributed by atoms with Crippen LogP contribution in [0.2, 0.25) is 0 Å². The summed E-state index contributed by atoms with van der Waals surface area (Å²) in [5, 5.41) is 21.5. The van der Waals surface area contributed by atoms with Crippen molar-refractivity contribution in [2.45, 2.75) is 44.5 Å². The Hall–Kier alpha value is -2.92. The molecular formula is C21H26N6O3S2. The predicted octanol–water partition coefficient (Wildman–Crippen LogP) is 4.15. The zero-order chi connectivity index (χ0) is 22.9. The fraction of sp³-hybridized carbons (Fsp3) is 0.381. The maximum absolute atomic E-state index is 12.4. The van der Waals surface area contributed by atoms with E-state index in [2.05, 4.69) is 39.2 Å². The topological polar surface area (TPSA) is 104 Å². The van der Waals surface area contributed by atoms with Crippen LogP contribution in [-0.4, -0.2) is 43.7 Å². The van der Waals surface area contributed by atoms with Gasteiger partial charge in [-0.1, -0.05) is 36.1 Å². The number of thioether (sulfide) groups is 1. The smallest absolute Gasteiger partial charge is 0.236 e. The van der Waals surface area contributed by atoms with Crippen LogP contribution >= 0.6 is 23.1 Å². The first-order chi connectivity index (χ1) is 15.5. The molecule has 3 rings (SSSR count). The van der Waals surface area contributed by atoms with E-state index in [4.69, 9.17) is 9.47 Å². The number of nitrogens with one attached hydrogen (secondary N) is 1. The lowest BCUT2D eigenvalue weighted by atomic mass is 10.3. The van der Waals surface area contributed by atoms with Gasteiger partial charge in [-0.05, 0) is 37.6 Å². The van der Waals surface area contributed by atoms with Gasteiger partial charge in [0.1, 0.15) is 16.5 Å². The average molecular weight is 475 g/mol. The Balaban J connectivity index is 1.62. The zero-order valence-corrected chi connectivity index (χ0v) is 19.9. The molecule has 1 N–H and O–H groups in total. The molecule has 0 bridgehead atoms. The number of aromatic nitrogens is 5. The third-order valence-corrected chi connectivity index (χ3v) is 6.17. The highest BCUT2D eigenvalue weighted by Crippen LogP contribution is 2.26. The summed E-state index contributed by atoms with van der Waals surface area (Å²) in [4.78, 5) is 12.4. The Morgan fingerprint density at radius 1 is 1.25 bits per heavy atom. The van der Waals surface area contributed by atoms with Crippen LogP contribution in [0.25, 0.3) is 0 Å². The number of ether oxygens (including phenoxy) is 2. The van der Waals surface area contributed by atoms with Crippen LogP contribution in [0.5, 0.6) is 11.5 Å². The normalized spacial score (nSPS) is 11.7. The van der Waals surface area contributed by atoms with Crippen molar-refractivity contribution in [1.29, 1.82) is 0 Å².